The van der Waals surface area contributed by atoms with Crippen molar-refractivity contribution >= 4 is 23.2 Å². The third kappa shape index (κ3) is 4.71. The van der Waals surface area contributed by atoms with Crippen LogP contribution in [0.1, 0.15) is 45.6 Å². The Hall–Kier alpha value is -3.17. The SMILES string of the molecule is COc1ccc([C@H]2Cn3cnc(C(=O)N4CCC(C(=O)NCc5cccs5)CC4)c3CO2)cc1. The molecule has 9 heteroatoms. The van der Waals surface area contributed by atoms with Crippen LogP contribution in [-0.4, -0.2) is 46.5 Å². The fraction of sp³-hybridized carbons (Fsp3) is 0.400. The number of methoxy groups -OCH3 is 1. The Morgan fingerprint density at radius 3 is 2.71 bits per heavy atom. The van der Waals surface area contributed by atoms with Gasteiger partial charge in [0.05, 0.1) is 38.8 Å². The van der Waals surface area contributed by atoms with Crippen molar-refractivity contribution in [3.05, 3.63) is 69.9 Å². The Labute approximate surface area is 202 Å². The second-order valence-electron chi connectivity index (χ2n) is 8.63. The monoisotopic (exact) mass is 480 g/mol. The highest BCUT2D eigenvalue weighted by atomic mass is 32.1. The van der Waals surface area contributed by atoms with Crippen LogP contribution >= 0.6 is 11.3 Å². The van der Waals surface area contributed by atoms with E-state index in [1.807, 2.05) is 51.2 Å². The van der Waals surface area contributed by atoms with Gasteiger partial charge in [0, 0.05) is 23.9 Å². The van der Waals surface area contributed by atoms with Crippen molar-refractivity contribution in [2.75, 3.05) is 20.2 Å². The van der Waals surface area contributed by atoms with Crippen LogP contribution in [0.25, 0.3) is 0 Å². The summed E-state index contributed by atoms with van der Waals surface area (Å²) in [4.78, 5) is 33.1. The molecule has 178 valence electrons. The lowest BCUT2D eigenvalue weighted by molar-refractivity contribution is -0.126. The summed E-state index contributed by atoms with van der Waals surface area (Å²) in [5, 5.41) is 5.02. The number of carbonyl (C=O) groups excluding carboxylic acids is 2. The van der Waals surface area contributed by atoms with E-state index in [9.17, 15) is 9.59 Å². The number of hydrogen-bond acceptors (Lipinski definition) is 6. The quantitative estimate of drug-likeness (QED) is 0.585. The topological polar surface area (TPSA) is 85.7 Å². The van der Waals surface area contributed by atoms with Gasteiger partial charge in [0.25, 0.3) is 5.91 Å². The molecular formula is C25H28N4O4S. The van der Waals surface area contributed by atoms with Crippen molar-refractivity contribution in [1.82, 2.24) is 19.8 Å². The number of carbonyl (C=O) groups is 2. The molecule has 1 saturated heterocycles. The van der Waals surface area contributed by atoms with Gasteiger partial charge in [-0.25, -0.2) is 4.98 Å². The molecule has 1 N–H and O–H groups in total. The molecule has 2 aromatic heterocycles. The lowest BCUT2D eigenvalue weighted by Crippen LogP contribution is -2.43. The zero-order chi connectivity index (χ0) is 23.5. The highest BCUT2D eigenvalue weighted by Crippen LogP contribution is 2.30. The lowest BCUT2D eigenvalue weighted by Gasteiger charge is -2.31. The number of aromatic nitrogens is 2. The first kappa shape index (κ1) is 22.6. The number of imidazole rings is 1. The summed E-state index contributed by atoms with van der Waals surface area (Å²) < 4.78 is 13.3. The van der Waals surface area contributed by atoms with Crippen molar-refractivity contribution in [3.8, 4) is 5.75 Å². The number of likely N-dealkylation sites (tertiary alicyclic amines) is 1. The number of hydrogen-bond donors (Lipinski definition) is 1. The third-order valence-electron chi connectivity index (χ3n) is 6.59. The Bertz CT molecular complexity index is 1130. The molecule has 1 atom stereocenters. The van der Waals surface area contributed by atoms with Crippen LogP contribution in [0.3, 0.4) is 0 Å². The fourth-order valence-electron chi connectivity index (χ4n) is 4.55. The van der Waals surface area contributed by atoms with E-state index < -0.39 is 0 Å². The van der Waals surface area contributed by atoms with E-state index in [0.717, 1.165) is 21.9 Å². The van der Waals surface area contributed by atoms with Gasteiger partial charge < -0.3 is 24.3 Å². The average Bonchev–Trinajstić information content (AvgIpc) is 3.56. The Kier molecular flexibility index (Phi) is 6.64. The molecule has 0 saturated carbocycles. The molecule has 0 bridgehead atoms. The first-order chi connectivity index (χ1) is 16.6. The second kappa shape index (κ2) is 9.99. The number of benzene rings is 1. The van der Waals surface area contributed by atoms with Crippen molar-refractivity contribution < 1.29 is 19.1 Å². The third-order valence-corrected chi connectivity index (χ3v) is 7.47. The van der Waals surface area contributed by atoms with Gasteiger partial charge in [-0.05, 0) is 42.0 Å². The van der Waals surface area contributed by atoms with Gasteiger partial charge >= 0.3 is 0 Å². The van der Waals surface area contributed by atoms with E-state index in [1.54, 1.807) is 24.8 Å². The summed E-state index contributed by atoms with van der Waals surface area (Å²) in [6.07, 6.45) is 2.95. The number of nitrogens with zero attached hydrogens (tertiary/aromatic N) is 3. The van der Waals surface area contributed by atoms with E-state index in [2.05, 4.69) is 10.3 Å². The van der Waals surface area contributed by atoms with Gasteiger partial charge in [-0.15, -0.1) is 11.3 Å². The van der Waals surface area contributed by atoms with Crippen LogP contribution in [0.2, 0.25) is 0 Å². The Morgan fingerprint density at radius 1 is 1.21 bits per heavy atom. The van der Waals surface area contributed by atoms with E-state index in [4.69, 9.17) is 9.47 Å². The molecule has 34 heavy (non-hydrogen) atoms. The number of nitrogens with one attached hydrogen (secondary N) is 1. The van der Waals surface area contributed by atoms with Crippen molar-refractivity contribution in [1.29, 1.82) is 0 Å². The maximum atomic E-state index is 13.2. The fourth-order valence-corrected chi connectivity index (χ4v) is 5.20. The normalized spacial score (nSPS) is 18.4. The predicted octanol–water partition coefficient (Wildman–Crippen LogP) is 3.39. The smallest absolute Gasteiger partial charge is 0.274 e. The molecule has 2 aliphatic heterocycles. The lowest BCUT2D eigenvalue weighted by atomic mass is 9.95. The average molecular weight is 481 g/mol. The molecule has 1 fully saturated rings. The zero-order valence-corrected chi connectivity index (χ0v) is 19.9. The number of rotatable bonds is 6. The highest BCUT2D eigenvalue weighted by molar-refractivity contribution is 7.09. The molecule has 0 spiro atoms. The zero-order valence-electron chi connectivity index (χ0n) is 19.1. The van der Waals surface area contributed by atoms with Gasteiger partial charge in [-0.1, -0.05) is 18.2 Å². The predicted molar refractivity (Wildman–Crippen MR) is 128 cm³/mol. The summed E-state index contributed by atoms with van der Waals surface area (Å²) >= 11 is 1.63. The molecule has 2 aliphatic rings. The standard InChI is InChI=1S/C25H28N4O4S/c1-32-19-6-4-17(5-7-19)22-14-29-16-27-23(21(29)15-33-22)25(31)28-10-8-18(9-11-28)24(30)26-13-20-3-2-12-34-20/h2-7,12,16,18,22H,8-11,13-15H2,1H3,(H,26,30)/t22-/m1/s1. The molecule has 5 rings (SSSR count). The minimum atomic E-state index is -0.0982. The molecule has 3 aromatic rings. The summed E-state index contributed by atoms with van der Waals surface area (Å²) in [6.45, 7) is 2.61. The molecule has 1 aromatic carbocycles. The van der Waals surface area contributed by atoms with Crippen LogP contribution in [0, 0.1) is 5.92 Å². The first-order valence-corrected chi connectivity index (χ1v) is 12.4. The Morgan fingerprint density at radius 2 is 2.00 bits per heavy atom. The number of thiophene rings is 1. The summed E-state index contributed by atoms with van der Waals surface area (Å²) in [5.74, 6) is 0.726. The van der Waals surface area contributed by atoms with Gasteiger partial charge in [0.1, 0.15) is 11.9 Å². The number of fused-ring (bicyclic) bond motifs is 1. The second-order valence-corrected chi connectivity index (χ2v) is 9.66. The molecule has 2 amide bonds. The minimum absolute atomic E-state index is 0.0616. The van der Waals surface area contributed by atoms with Gasteiger partial charge in [-0.2, -0.15) is 0 Å². The largest absolute Gasteiger partial charge is 0.497 e. The van der Waals surface area contributed by atoms with E-state index >= 15 is 0 Å². The van der Waals surface area contributed by atoms with Crippen molar-refractivity contribution in [2.45, 2.75) is 38.6 Å². The van der Waals surface area contributed by atoms with Crippen LogP contribution < -0.4 is 10.1 Å². The molecule has 0 unspecified atom stereocenters. The molecular weight excluding hydrogens is 452 g/mol. The summed E-state index contributed by atoms with van der Waals surface area (Å²) in [7, 11) is 1.64. The molecule has 0 aliphatic carbocycles. The van der Waals surface area contributed by atoms with E-state index in [1.165, 1.54) is 0 Å². The minimum Gasteiger partial charge on any atom is -0.497 e. The van der Waals surface area contributed by atoms with Crippen LogP contribution in [0.4, 0.5) is 0 Å². The van der Waals surface area contributed by atoms with E-state index in [-0.39, 0.29) is 23.8 Å². The van der Waals surface area contributed by atoms with Crippen LogP contribution in [-0.2, 0) is 29.2 Å². The van der Waals surface area contributed by atoms with Gasteiger partial charge in [0.15, 0.2) is 5.69 Å². The van der Waals surface area contributed by atoms with Gasteiger partial charge in [0.2, 0.25) is 5.91 Å². The maximum absolute atomic E-state index is 13.2. The maximum Gasteiger partial charge on any atom is 0.274 e. The molecule has 4 heterocycles. The van der Waals surface area contributed by atoms with Crippen molar-refractivity contribution in [3.63, 3.8) is 0 Å². The molecule has 0 radical (unpaired) electrons. The summed E-state index contributed by atoms with van der Waals surface area (Å²) in [6, 6.07) is 11.8. The number of ether oxygens (including phenoxy) is 2. The molecule has 8 nitrogen and oxygen atoms in total. The summed E-state index contributed by atoms with van der Waals surface area (Å²) in [5.41, 5.74) is 2.33. The van der Waals surface area contributed by atoms with Crippen LogP contribution in [0.15, 0.2) is 48.1 Å². The van der Waals surface area contributed by atoms with Crippen molar-refractivity contribution in [2.24, 2.45) is 5.92 Å². The highest BCUT2D eigenvalue weighted by Gasteiger charge is 2.32. The van der Waals surface area contributed by atoms with Gasteiger partial charge in [-0.3, -0.25) is 9.59 Å². The first-order valence-electron chi connectivity index (χ1n) is 11.5. The number of amides is 2. The Balaban J connectivity index is 1.16. The van der Waals surface area contributed by atoms with E-state index in [0.29, 0.717) is 51.3 Å². The van der Waals surface area contributed by atoms with Crippen LogP contribution in [0.5, 0.6) is 5.75 Å². The number of piperidine rings is 1.